The van der Waals surface area contributed by atoms with Crippen LogP contribution in [0.2, 0.25) is 10.0 Å². The maximum atomic E-state index is 6.28. The van der Waals surface area contributed by atoms with Crippen molar-refractivity contribution < 1.29 is 9.47 Å². The van der Waals surface area contributed by atoms with Crippen LogP contribution in [0.25, 0.3) is 0 Å². The molecule has 0 aromatic heterocycles. The zero-order valence-corrected chi connectivity index (χ0v) is 14.4. The van der Waals surface area contributed by atoms with Crippen LogP contribution in [0, 0.1) is 6.92 Å². The van der Waals surface area contributed by atoms with Crippen LogP contribution >= 0.6 is 23.2 Å². The zero-order valence-electron chi connectivity index (χ0n) is 12.9. The van der Waals surface area contributed by atoms with Gasteiger partial charge < -0.3 is 14.8 Å². The molecule has 0 unspecified atom stereocenters. The van der Waals surface area contributed by atoms with E-state index in [-0.39, 0.29) is 0 Å². The molecule has 2 rings (SSSR count). The molecule has 0 radical (unpaired) electrons. The fraction of sp³-hybridized carbons (Fsp3) is 0.294. The Morgan fingerprint density at radius 3 is 2.59 bits per heavy atom. The minimum atomic E-state index is 0.537. The first-order valence-electron chi connectivity index (χ1n) is 7.04. The molecular weight excluding hydrogens is 321 g/mol. The quantitative estimate of drug-likeness (QED) is 0.772. The van der Waals surface area contributed by atoms with Crippen LogP contribution in [0.3, 0.4) is 0 Å². The van der Waals surface area contributed by atoms with Gasteiger partial charge in [-0.15, -0.1) is 0 Å². The van der Waals surface area contributed by atoms with Crippen molar-refractivity contribution in [1.29, 1.82) is 0 Å². The van der Waals surface area contributed by atoms with E-state index in [1.54, 1.807) is 7.11 Å². The average Bonchev–Trinajstić information content (AvgIpc) is 2.50. The van der Waals surface area contributed by atoms with E-state index in [9.17, 15) is 0 Å². The molecule has 0 saturated heterocycles. The summed E-state index contributed by atoms with van der Waals surface area (Å²) in [5.41, 5.74) is 3.13. The fourth-order valence-electron chi connectivity index (χ4n) is 2.14. The molecule has 1 N–H and O–H groups in total. The van der Waals surface area contributed by atoms with Crippen molar-refractivity contribution in [3.8, 4) is 11.5 Å². The lowest BCUT2D eigenvalue weighted by Gasteiger charge is -2.14. The van der Waals surface area contributed by atoms with Gasteiger partial charge >= 0.3 is 0 Å². The van der Waals surface area contributed by atoms with Crippen molar-refractivity contribution in [2.45, 2.75) is 20.4 Å². The molecule has 2 aromatic rings. The summed E-state index contributed by atoms with van der Waals surface area (Å²) < 4.78 is 10.9. The van der Waals surface area contributed by atoms with Crippen LogP contribution in [0.1, 0.15) is 18.1 Å². The van der Waals surface area contributed by atoms with Gasteiger partial charge in [-0.3, -0.25) is 0 Å². The number of methoxy groups -OCH3 is 1. The first kappa shape index (κ1) is 16.8. The molecule has 0 spiro atoms. The summed E-state index contributed by atoms with van der Waals surface area (Å²) in [5, 5.41) is 4.61. The van der Waals surface area contributed by atoms with E-state index in [0.717, 1.165) is 16.8 Å². The van der Waals surface area contributed by atoms with Crippen molar-refractivity contribution in [2.24, 2.45) is 0 Å². The van der Waals surface area contributed by atoms with E-state index in [1.807, 2.05) is 44.2 Å². The molecule has 0 atom stereocenters. The third kappa shape index (κ3) is 3.99. The largest absolute Gasteiger partial charge is 0.493 e. The van der Waals surface area contributed by atoms with Crippen molar-refractivity contribution in [3.63, 3.8) is 0 Å². The standard InChI is InChI=1S/C17H19Cl2NO2/c1-4-22-17-14(19)7-12(8-16(17)21-3)10-20-15-9-13(18)6-5-11(15)2/h5-9,20H,4,10H2,1-3H3. The molecular formula is C17H19Cl2NO2. The highest BCUT2D eigenvalue weighted by atomic mass is 35.5. The molecule has 0 amide bonds. The van der Waals surface area contributed by atoms with Gasteiger partial charge in [0, 0.05) is 17.3 Å². The SMILES string of the molecule is CCOc1c(Cl)cc(CNc2cc(Cl)ccc2C)cc1OC. The summed E-state index contributed by atoms with van der Waals surface area (Å²) in [4.78, 5) is 0. The number of benzene rings is 2. The third-order valence-corrected chi connectivity index (χ3v) is 3.78. The molecule has 0 aliphatic heterocycles. The Morgan fingerprint density at radius 1 is 1.14 bits per heavy atom. The van der Waals surface area contributed by atoms with Gasteiger partial charge in [0.25, 0.3) is 0 Å². The van der Waals surface area contributed by atoms with Crippen LogP contribution in [0.5, 0.6) is 11.5 Å². The number of hydrogen-bond acceptors (Lipinski definition) is 3. The minimum Gasteiger partial charge on any atom is -0.493 e. The molecule has 0 saturated carbocycles. The molecule has 0 bridgehead atoms. The second-order valence-electron chi connectivity index (χ2n) is 4.85. The first-order chi connectivity index (χ1) is 10.5. The summed E-state index contributed by atoms with van der Waals surface area (Å²) in [5.74, 6) is 1.21. The number of anilines is 1. The van der Waals surface area contributed by atoms with Crippen LogP contribution < -0.4 is 14.8 Å². The van der Waals surface area contributed by atoms with Crippen LogP contribution in [0.4, 0.5) is 5.69 Å². The number of aryl methyl sites for hydroxylation is 1. The monoisotopic (exact) mass is 339 g/mol. The van der Waals surface area contributed by atoms with E-state index in [2.05, 4.69) is 5.32 Å². The Kier molecular flexibility index (Phi) is 5.81. The van der Waals surface area contributed by atoms with Crippen LogP contribution in [-0.2, 0) is 6.54 Å². The molecule has 0 fully saturated rings. The van der Waals surface area contributed by atoms with E-state index in [1.165, 1.54) is 0 Å². The second kappa shape index (κ2) is 7.61. The van der Waals surface area contributed by atoms with Gasteiger partial charge in [-0.2, -0.15) is 0 Å². The van der Waals surface area contributed by atoms with Gasteiger partial charge in [-0.05, 0) is 49.2 Å². The van der Waals surface area contributed by atoms with Gasteiger partial charge in [-0.1, -0.05) is 29.3 Å². The summed E-state index contributed by atoms with van der Waals surface area (Å²) in [7, 11) is 1.60. The molecule has 118 valence electrons. The first-order valence-corrected chi connectivity index (χ1v) is 7.80. The summed E-state index contributed by atoms with van der Waals surface area (Å²) in [6.07, 6.45) is 0. The van der Waals surface area contributed by atoms with Gasteiger partial charge in [0.1, 0.15) is 0 Å². The lowest BCUT2D eigenvalue weighted by atomic mass is 10.1. The molecule has 0 aliphatic rings. The molecule has 5 heteroatoms. The van der Waals surface area contributed by atoms with Gasteiger partial charge in [0.05, 0.1) is 18.7 Å². The maximum absolute atomic E-state index is 6.28. The van der Waals surface area contributed by atoms with E-state index >= 15 is 0 Å². The Balaban J connectivity index is 2.19. The lowest BCUT2D eigenvalue weighted by molar-refractivity contribution is 0.311. The van der Waals surface area contributed by atoms with Crippen molar-refractivity contribution in [1.82, 2.24) is 0 Å². The fourth-order valence-corrected chi connectivity index (χ4v) is 2.60. The number of ether oxygens (including phenoxy) is 2. The highest BCUT2D eigenvalue weighted by molar-refractivity contribution is 6.32. The molecule has 3 nitrogen and oxygen atoms in total. The Labute approximate surface area is 141 Å². The zero-order chi connectivity index (χ0) is 16.1. The molecule has 2 aromatic carbocycles. The minimum absolute atomic E-state index is 0.537. The predicted molar refractivity (Wildman–Crippen MR) is 92.7 cm³/mol. The molecule has 0 heterocycles. The number of hydrogen-bond donors (Lipinski definition) is 1. The number of rotatable bonds is 6. The Bertz CT molecular complexity index is 659. The van der Waals surface area contributed by atoms with Gasteiger partial charge in [-0.25, -0.2) is 0 Å². The number of halogens is 2. The normalized spacial score (nSPS) is 10.4. The smallest absolute Gasteiger partial charge is 0.179 e. The Hall–Kier alpha value is -1.58. The average molecular weight is 340 g/mol. The van der Waals surface area contributed by atoms with Crippen LogP contribution in [-0.4, -0.2) is 13.7 Å². The lowest BCUT2D eigenvalue weighted by Crippen LogP contribution is -2.03. The summed E-state index contributed by atoms with van der Waals surface area (Å²) >= 11 is 12.3. The number of nitrogens with one attached hydrogen (secondary N) is 1. The Morgan fingerprint density at radius 2 is 1.91 bits per heavy atom. The van der Waals surface area contributed by atoms with Crippen molar-refractivity contribution in [2.75, 3.05) is 19.0 Å². The van der Waals surface area contributed by atoms with E-state index in [0.29, 0.717) is 34.7 Å². The topological polar surface area (TPSA) is 30.5 Å². The highest BCUT2D eigenvalue weighted by Gasteiger charge is 2.11. The van der Waals surface area contributed by atoms with Gasteiger partial charge in [0.2, 0.25) is 0 Å². The van der Waals surface area contributed by atoms with Crippen molar-refractivity contribution in [3.05, 3.63) is 51.5 Å². The predicted octanol–water partition coefficient (Wildman–Crippen LogP) is 5.32. The molecule has 22 heavy (non-hydrogen) atoms. The third-order valence-electron chi connectivity index (χ3n) is 3.26. The van der Waals surface area contributed by atoms with Crippen molar-refractivity contribution >= 4 is 28.9 Å². The van der Waals surface area contributed by atoms with E-state index in [4.69, 9.17) is 32.7 Å². The van der Waals surface area contributed by atoms with Gasteiger partial charge in [0.15, 0.2) is 11.5 Å². The highest BCUT2D eigenvalue weighted by Crippen LogP contribution is 2.36. The molecule has 0 aliphatic carbocycles. The van der Waals surface area contributed by atoms with E-state index < -0.39 is 0 Å². The second-order valence-corrected chi connectivity index (χ2v) is 5.70. The maximum Gasteiger partial charge on any atom is 0.179 e. The summed E-state index contributed by atoms with van der Waals surface area (Å²) in [6.45, 7) is 5.09. The summed E-state index contributed by atoms with van der Waals surface area (Å²) in [6, 6.07) is 9.56. The van der Waals surface area contributed by atoms with Crippen LogP contribution in [0.15, 0.2) is 30.3 Å².